The molecule has 0 aliphatic carbocycles. The van der Waals surface area contributed by atoms with Gasteiger partial charge in [0.2, 0.25) is 11.8 Å². The Kier molecular flexibility index (Phi) is 9.76. The number of nitrogens with zero attached hydrogens (tertiary/aromatic N) is 7. The second kappa shape index (κ2) is 13.9. The number of rotatable bonds is 6. The van der Waals surface area contributed by atoms with Crippen LogP contribution in [0.25, 0.3) is 0 Å². The Bertz CT molecular complexity index is 1560. The molecule has 3 aliphatic rings. The number of hydrogen-bond donors (Lipinski definition) is 1. The molecule has 11 nitrogen and oxygen atoms in total. The molecular weight excluding hydrogens is 637 g/mol. The van der Waals surface area contributed by atoms with E-state index < -0.39 is 12.1 Å². The fourth-order valence-corrected chi connectivity index (χ4v) is 6.41. The second-order valence-corrected chi connectivity index (χ2v) is 12.6. The maximum Gasteiger partial charge on any atom is 0.326 e. The molecule has 3 aliphatic heterocycles. The van der Waals surface area contributed by atoms with Crippen molar-refractivity contribution in [2.45, 2.75) is 17.2 Å². The topological polar surface area (TPSA) is 115 Å². The van der Waals surface area contributed by atoms with Gasteiger partial charge in [-0.15, -0.1) is 0 Å². The molecule has 1 N–H and O–H groups in total. The first-order valence-corrected chi connectivity index (χ1v) is 16.7. The second-order valence-electron chi connectivity index (χ2n) is 10.9. The number of carbonyl (C=O) groups is 2. The van der Waals surface area contributed by atoms with Gasteiger partial charge >= 0.3 is 6.03 Å². The Morgan fingerprint density at radius 1 is 0.911 bits per heavy atom. The van der Waals surface area contributed by atoms with Gasteiger partial charge in [-0.2, -0.15) is 4.98 Å². The molecule has 3 aromatic rings. The standard InChI is InChI=1S/C31H33Cl2N7O4S/c1-45-30-34-18-24(29(42)36-30)28-35-26(20-2-6-22(32)7-3-20)27(21-4-8-23(33)9-5-21)40(28)31(43)39-12-10-37(11-13-39)19-25(41)38-14-16-44-17-15-38/h2-9,18,26-27H,10-17,19H2,1H3,(H,34,36,42)/t26-,27+/m0/s1. The van der Waals surface area contributed by atoms with Gasteiger partial charge in [0.1, 0.15) is 11.9 Å². The van der Waals surface area contributed by atoms with E-state index in [1.807, 2.05) is 35.4 Å². The van der Waals surface area contributed by atoms with Crippen molar-refractivity contribution in [3.63, 3.8) is 0 Å². The van der Waals surface area contributed by atoms with Gasteiger partial charge < -0.3 is 19.6 Å². The van der Waals surface area contributed by atoms with E-state index >= 15 is 0 Å². The van der Waals surface area contributed by atoms with E-state index in [4.69, 9.17) is 32.9 Å². The van der Waals surface area contributed by atoms with Gasteiger partial charge in [-0.1, -0.05) is 59.2 Å². The molecule has 0 bridgehead atoms. The number of carbonyl (C=O) groups excluding carboxylic acids is 2. The average Bonchev–Trinajstić information content (AvgIpc) is 3.46. The minimum Gasteiger partial charge on any atom is -0.493 e. The number of benzene rings is 2. The van der Waals surface area contributed by atoms with E-state index in [0.717, 1.165) is 11.1 Å². The summed E-state index contributed by atoms with van der Waals surface area (Å²) in [5.41, 5.74) is 1.92. The summed E-state index contributed by atoms with van der Waals surface area (Å²) in [6, 6.07) is 13.4. The van der Waals surface area contributed by atoms with Crippen LogP contribution in [0.15, 0.2) is 64.9 Å². The number of hydrogen-bond acceptors (Lipinski definition) is 9. The van der Waals surface area contributed by atoms with Crippen LogP contribution >= 0.6 is 35.0 Å². The first kappa shape index (κ1) is 31.6. The van der Waals surface area contributed by atoms with Gasteiger partial charge in [-0.25, -0.2) is 9.78 Å². The third-order valence-corrected chi connectivity index (χ3v) is 9.30. The van der Waals surface area contributed by atoms with Crippen molar-refractivity contribution in [2.24, 2.45) is 4.99 Å². The Balaban J connectivity index is 1.32. The monoisotopic (exact) mass is 669 g/mol. The van der Waals surface area contributed by atoms with Crippen LogP contribution in [-0.4, -0.2) is 118 Å². The summed E-state index contributed by atoms with van der Waals surface area (Å²) in [5, 5.41) is 12.6. The number of urea groups is 1. The quantitative estimate of drug-likeness (QED) is 0.304. The van der Waals surface area contributed by atoms with Crippen LogP contribution in [0.5, 0.6) is 5.88 Å². The molecule has 2 atom stereocenters. The Hall–Kier alpha value is -3.42. The summed E-state index contributed by atoms with van der Waals surface area (Å²) in [6.07, 6.45) is 3.32. The molecule has 45 heavy (non-hydrogen) atoms. The molecule has 0 radical (unpaired) electrons. The molecular formula is C31H33Cl2N7O4S. The van der Waals surface area contributed by atoms with Crippen molar-refractivity contribution < 1.29 is 19.4 Å². The number of aromatic hydroxyl groups is 1. The molecule has 2 aromatic carbocycles. The molecule has 2 fully saturated rings. The van der Waals surface area contributed by atoms with Crippen LogP contribution in [-0.2, 0) is 9.53 Å². The fraction of sp³-hybridized carbons (Fsp3) is 0.387. The van der Waals surface area contributed by atoms with Crippen LogP contribution in [0.2, 0.25) is 10.0 Å². The summed E-state index contributed by atoms with van der Waals surface area (Å²) < 4.78 is 5.37. The van der Waals surface area contributed by atoms with Crippen molar-refractivity contribution in [1.82, 2.24) is 29.6 Å². The van der Waals surface area contributed by atoms with E-state index in [1.54, 1.807) is 34.1 Å². The smallest absolute Gasteiger partial charge is 0.326 e. The highest BCUT2D eigenvalue weighted by molar-refractivity contribution is 7.98. The van der Waals surface area contributed by atoms with Crippen LogP contribution in [0.3, 0.4) is 0 Å². The highest BCUT2D eigenvalue weighted by Crippen LogP contribution is 2.45. The van der Waals surface area contributed by atoms with E-state index in [-0.39, 0.29) is 29.2 Å². The van der Waals surface area contributed by atoms with Gasteiger partial charge in [0.15, 0.2) is 5.16 Å². The number of piperazine rings is 1. The number of amides is 3. The van der Waals surface area contributed by atoms with Gasteiger partial charge in [0.05, 0.1) is 31.4 Å². The molecule has 6 rings (SSSR count). The number of thioether (sulfide) groups is 1. The predicted molar refractivity (Wildman–Crippen MR) is 173 cm³/mol. The molecule has 0 spiro atoms. The molecule has 3 amide bonds. The zero-order valence-corrected chi connectivity index (χ0v) is 27.0. The number of morpholine rings is 1. The third kappa shape index (κ3) is 6.90. The third-order valence-electron chi connectivity index (χ3n) is 8.23. The van der Waals surface area contributed by atoms with Crippen molar-refractivity contribution in [3.8, 4) is 5.88 Å². The summed E-state index contributed by atoms with van der Waals surface area (Å²) in [5.74, 6) is 0.0868. The molecule has 236 valence electrons. The Labute approximate surface area is 275 Å². The minimum atomic E-state index is -0.563. The van der Waals surface area contributed by atoms with Crippen molar-refractivity contribution >= 4 is 52.7 Å². The predicted octanol–water partition coefficient (Wildman–Crippen LogP) is 4.35. The van der Waals surface area contributed by atoms with Gasteiger partial charge in [0.25, 0.3) is 0 Å². The van der Waals surface area contributed by atoms with Gasteiger partial charge in [-0.05, 0) is 41.6 Å². The first-order valence-electron chi connectivity index (χ1n) is 14.7. The van der Waals surface area contributed by atoms with Gasteiger partial charge in [0, 0.05) is 55.5 Å². The normalized spacial score (nSPS) is 20.8. The van der Waals surface area contributed by atoms with Gasteiger partial charge in [-0.3, -0.25) is 19.6 Å². The van der Waals surface area contributed by atoms with Crippen LogP contribution in [0, 0.1) is 0 Å². The van der Waals surface area contributed by atoms with E-state index in [1.165, 1.54) is 18.0 Å². The van der Waals surface area contributed by atoms with Crippen LogP contribution in [0.1, 0.15) is 28.8 Å². The van der Waals surface area contributed by atoms with E-state index in [2.05, 4.69) is 14.9 Å². The van der Waals surface area contributed by atoms with Crippen LogP contribution < -0.4 is 0 Å². The number of amidine groups is 1. The van der Waals surface area contributed by atoms with Crippen LogP contribution in [0.4, 0.5) is 4.79 Å². The average molecular weight is 671 g/mol. The molecule has 14 heteroatoms. The molecule has 0 unspecified atom stereocenters. The highest BCUT2D eigenvalue weighted by Gasteiger charge is 2.45. The fourth-order valence-electron chi connectivity index (χ4n) is 5.82. The highest BCUT2D eigenvalue weighted by atomic mass is 35.5. The summed E-state index contributed by atoms with van der Waals surface area (Å²) in [6.45, 7) is 4.55. The Morgan fingerprint density at radius 3 is 2.13 bits per heavy atom. The largest absolute Gasteiger partial charge is 0.493 e. The maximum atomic E-state index is 14.6. The number of halogens is 2. The van der Waals surface area contributed by atoms with Crippen molar-refractivity contribution in [3.05, 3.63) is 81.5 Å². The molecule has 1 aromatic heterocycles. The summed E-state index contributed by atoms with van der Waals surface area (Å²) in [4.78, 5) is 48.4. The molecule has 0 saturated carbocycles. The first-order chi connectivity index (χ1) is 21.8. The summed E-state index contributed by atoms with van der Waals surface area (Å²) in [7, 11) is 0. The van der Waals surface area contributed by atoms with E-state index in [0.29, 0.717) is 74.2 Å². The zero-order valence-electron chi connectivity index (χ0n) is 24.7. The minimum absolute atomic E-state index is 0.0739. The van der Waals surface area contributed by atoms with Crippen molar-refractivity contribution in [2.75, 3.05) is 65.3 Å². The summed E-state index contributed by atoms with van der Waals surface area (Å²) >= 11 is 13.8. The SMILES string of the molecule is CSc1ncc(C2=N[C@@H](c3ccc(Cl)cc3)[C@@H](c3ccc(Cl)cc3)N2C(=O)N2CCN(CC(=O)N3CCOCC3)CC2)c(O)n1. The zero-order chi connectivity index (χ0) is 31.5. The Morgan fingerprint density at radius 2 is 1.53 bits per heavy atom. The lowest BCUT2D eigenvalue weighted by Crippen LogP contribution is -2.56. The number of ether oxygens (including phenoxy) is 1. The molecule has 2 saturated heterocycles. The number of aliphatic imine (C=N–C) groups is 1. The van der Waals surface area contributed by atoms with E-state index in [9.17, 15) is 14.7 Å². The maximum absolute atomic E-state index is 14.6. The lowest BCUT2D eigenvalue weighted by atomic mass is 9.94. The lowest BCUT2D eigenvalue weighted by Gasteiger charge is -2.39. The lowest BCUT2D eigenvalue weighted by molar-refractivity contribution is -0.136. The number of aromatic nitrogens is 2. The van der Waals surface area contributed by atoms with Crippen molar-refractivity contribution in [1.29, 1.82) is 0 Å². The molecule has 4 heterocycles.